The van der Waals surface area contributed by atoms with E-state index >= 15 is 0 Å². The lowest BCUT2D eigenvalue weighted by Crippen LogP contribution is -2.30. The minimum absolute atomic E-state index is 0.247. The van der Waals surface area contributed by atoms with Crippen LogP contribution < -0.4 is 15.4 Å². The Labute approximate surface area is 162 Å². The van der Waals surface area contributed by atoms with Crippen molar-refractivity contribution >= 4 is 23.1 Å². The highest BCUT2D eigenvalue weighted by Gasteiger charge is 2.05. The zero-order valence-corrected chi connectivity index (χ0v) is 16.0. The van der Waals surface area contributed by atoms with Crippen molar-refractivity contribution in [1.29, 1.82) is 0 Å². The standard InChI is InChI=1S/C20H22N4O2S/c1-2-19-23-17(14-27-19)9-11-22-20(25)24-15-7-5-8-18(12-15)26-13-16-6-3-4-10-21-16/h3-8,10,12,14H,2,9,11,13H2,1H3,(H2,22,24,25). The van der Waals surface area contributed by atoms with Crippen molar-refractivity contribution in [2.24, 2.45) is 0 Å². The first-order chi connectivity index (χ1) is 13.2. The molecule has 0 fully saturated rings. The molecule has 0 radical (unpaired) electrons. The lowest BCUT2D eigenvalue weighted by atomic mass is 10.3. The second kappa shape index (κ2) is 9.68. The van der Waals surface area contributed by atoms with Crippen LogP contribution in [0.5, 0.6) is 5.75 Å². The van der Waals surface area contributed by atoms with E-state index < -0.39 is 0 Å². The van der Waals surface area contributed by atoms with Gasteiger partial charge >= 0.3 is 6.03 Å². The molecule has 140 valence electrons. The largest absolute Gasteiger partial charge is 0.487 e. The van der Waals surface area contributed by atoms with Crippen LogP contribution in [0.2, 0.25) is 0 Å². The summed E-state index contributed by atoms with van der Waals surface area (Å²) in [6, 6.07) is 12.7. The second-order valence-corrected chi connectivity index (χ2v) is 6.80. The van der Waals surface area contributed by atoms with Crippen LogP contribution in [0, 0.1) is 0 Å². The monoisotopic (exact) mass is 382 g/mol. The van der Waals surface area contributed by atoms with Gasteiger partial charge in [0.15, 0.2) is 0 Å². The van der Waals surface area contributed by atoms with Gasteiger partial charge in [0, 0.05) is 36.3 Å². The number of rotatable bonds is 8. The third-order valence-corrected chi connectivity index (χ3v) is 4.82. The zero-order chi connectivity index (χ0) is 18.9. The molecule has 0 atom stereocenters. The summed E-state index contributed by atoms with van der Waals surface area (Å²) in [6.07, 6.45) is 3.39. The number of nitrogens with zero attached hydrogens (tertiary/aromatic N) is 2. The molecule has 2 amide bonds. The molecule has 0 saturated heterocycles. The van der Waals surface area contributed by atoms with Gasteiger partial charge in [0.2, 0.25) is 0 Å². The van der Waals surface area contributed by atoms with Crippen LogP contribution in [-0.2, 0) is 19.4 Å². The Bertz CT molecular complexity index is 867. The third-order valence-electron chi connectivity index (χ3n) is 3.77. The van der Waals surface area contributed by atoms with Crippen molar-refractivity contribution in [3.8, 4) is 5.75 Å². The van der Waals surface area contributed by atoms with E-state index in [9.17, 15) is 4.79 Å². The number of nitrogens with one attached hydrogen (secondary N) is 2. The van der Waals surface area contributed by atoms with E-state index in [0.717, 1.165) is 29.2 Å². The number of thiazole rings is 1. The van der Waals surface area contributed by atoms with E-state index in [2.05, 4.69) is 27.5 Å². The number of anilines is 1. The smallest absolute Gasteiger partial charge is 0.319 e. The molecule has 2 N–H and O–H groups in total. The zero-order valence-electron chi connectivity index (χ0n) is 15.1. The van der Waals surface area contributed by atoms with E-state index in [1.807, 2.05) is 41.8 Å². The molecule has 2 heterocycles. The van der Waals surface area contributed by atoms with Crippen molar-refractivity contribution in [2.45, 2.75) is 26.4 Å². The quantitative estimate of drug-likeness (QED) is 0.616. The van der Waals surface area contributed by atoms with Crippen LogP contribution >= 0.6 is 11.3 Å². The molecule has 7 heteroatoms. The summed E-state index contributed by atoms with van der Waals surface area (Å²) in [5.41, 5.74) is 2.54. The Morgan fingerprint density at radius 2 is 2.11 bits per heavy atom. The topological polar surface area (TPSA) is 76.1 Å². The first kappa shape index (κ1) is 18.8. The van der Waals surface area contributed by atoms with Gasteiger partial charge in [-0.05, 0) is 30.7 Å². The number of urea groups is 1. The fourth-order valence-electron chi connectivity index (χ4n) is 2.41. The number of amides is 2. The molecular formula is C20H22N4O2S. The predicted molar refractivity (Wildman–Crippen MR) is 107 cm³/mol. The maximum atomic E-state index is 12.1. The number of hydrogen-bond donors (Lipinski definition) is 2. The van der Waals surface area contributed by atoms with Gasteiger partial charge in [0.05, 0.1) is 16.4 Å². The van der Waals surface area contributed by atoms with Gasteiger partial charge in [-0.15, -0.1) is 11.3 Å². The molecule has 2 aromatic heterocycles. The van der Waals surface area contributed by atoms with Gasteiger partial charge in [0.1, 0.15) is 12.4 Å². The first-order valence-corrected chi connectivity index (χ1v) is 9.72. The summed E-state index contributed by atoms with van der Waals surface area (Å²) in [5.74, 6) is 0.674. The van der Waals surface area contributed by atoms with Gasteiger partial charge in [-0.25, -0.2) is 9.78 Å². The molecule has 0 spiro atoms. The molecule has 27 heavy (non-hydrogen) atoms. The van der Waals surface area contributed by atoms with E-state index in [1.54, 1.807) is 23.6 Å². The van der Waals surface area contributed by atoms with Gasteiger partial charge in [-0.1, -0.05) is 19.1 Å². The van der Waals surface area contributed by atoms with E-state index in [1.165, 1.54) is 0 Å². The van der Waals surface area contributed by atoms with Crippen molar-refractivity contribution in [1.82, 2.24) is 15.3 Å². The highest BCUT2D eigenvalue weighted by molar-refractivity contribution is 7.09. The lowest BCUT2D eigenvalue weighted by molar-refractivity contribution is 0.252. The van der Waals surface area contributed by atoms with Gasteiger partial charge in [-0.3, -0.25) is 4.98 Å². The fourth-order valence-corrected chi connectivity index (χ4v) is 3.19. The summed E-state index contributed by atoms with van der Waals surface area (Å²) in [6.45, 7) is 3.00. The normalized spacial score (nSPS) is 10.4. The molecule has 0 unspecified atom stereocenters. The van der Waals surface area contributed by atoms with Crippen LogP contribution in [0.3, 0.4) is 0 Å². The minimum Gasteiger partial charge on any atom is -0.487 e. The van der Waals surface area contributed by atoms with Crippen LogP contribution in [0.15, 0.2) is 54.0 Å². The van der Waals surface area contributed by atoms with Crippen LogP contribution in [0.1, 0.15) is 23.3 Å². The SMILES string of the molecule is CCc1nc(CCNC(=O)Nc2cccc(OCc3ccccn3)c2)cs1. The molecule has 3 aromatic rings. The second-order valence-electron chi connectivity index (χ2n) is 5.85. The lowest BCUT2D eigenvalue weighted by Gasteiger charge is -2.10. The summed E-state index contributed by atoms with van der Waals surface area (Å²) in [4.78, 5) is 20.8. The third kappa shape index (κ3) is 6.07. The van der Waals surface area contributed by atoms with Gasteiger partial charge in [-0.2, -0.15) is 0 Å². The molecule has 6 nitrogen and oxygen atoms in total. The fraction of sp³-hybridized carbons (Fsp3) is 0.250. The Hall–Kier alpha value is -2.93. The van der Waals surface area contributed by atoms with Gasteiger partial charge in [0.25, 0.3) is 0 Å². The molecule has 3 rings (SSSR count). The first-order valence-electron chi connectivity index (χ1n) is 8.84. The molecule has 0 saturated carbocycles. The molecule has 0 bridgehead atoms. The molecule has 1 aromatic carbocycles. The minimum atomic E-state index is -0.247. The van der Waals surface area contributed by atoms with E-state index in [4.69, 9.17) is 4.74 Å². The number of ether oxygens (including phenoxy) is 1. The number of aryl methyl sites for hydroxylation is 1. The highest BCUT2D eigenvalue weighted by atomic mass is 32.1. The molecule has 0 aliphatic carbocycles. The Morgan fingerprint density at radius 3 is 2.89 bits per heavy atom. The Balaban J connectivity index is 1.44. The summed E-state index contributed by atoms with van der Waals surface area (Å²) >= 11 is 1.66. The number of benzene rings is 1. The Kier molecular flexibility index (Phi) is 6.76. The van der Waals surface area contributed by atoms with Crippen LogP contribution in [0.4, 0.5) is 10.5 Å². The maximum Gasteiger partial charge on any atom is 0.319 e. The van der Waals surface area contributed by atoms with Crippen molar-refractivity contribution in [3.05, 3.63) is 70.4 Å². The van der Waals surface area contributed by atoms with E-state index in [0.29, 0.717) is 24.6 Å². The average molecular weight is 382 g/mol. The number of carbonyl (C=O) groups is 1. The van der Waals surface area contributed by atoms with Crippen molar-refractivity contribution in [2.75, 3.05) is 11.9 Å². The maximum absolute atomic E-state index is 12.1. The summed E-state index contributed by atoms with van der Waals surface area (Å²) in [5, 5.41) is 8.83. The van der Waals surface area contributed by atoms with Gasteiger partial charge < -0.3 is 15.4 Å². The Morgan fingerprint density at radius 1 is 1.19 bits per heavy atom. The molecular weight excluding hydrogens is 360 g/mol. The van der Waals surface area contributed by atoms with Crippen molar-refractivity contribution < 1.29 is 9.53 Å². The highest BCUT2D eigenvalue weighted by Crippen LogP contribution is 2.18. The molecule has 0 aliphatic rings. The van der Waals surface area contributed by atoms with E-state index in [-0.39, 0.29) is 6.03 Å². The van der Waals surface area contributed by atoms with Crippen LogP contribution in [0.25, 0.3) is 0 Å². The number of hydrogen-bond acceptors (Lipinski definition) is 5. The number of pyridine rings is 1. The number of carbonyl (C=O) groups excluding carboxylic acids is 1. The van der Waals surface area contributed by atoms with Crippen LogP contribution in [-0.4, -0.2) is 22.5 Å². The average Bonchev–Trinajstić information content (AvgIpc) is 3.15. The van der Waals surface area contributed by atoms with Crippen molar-refractivity contribution in [3.63, 3.8) is 0 Å². The predicted octanol–water partition coefficient (Wildman–Crippen LogP) is 4.04. The summed E-state index contributed by atoms with van der Waals surface area (Å²) < 4.78 is 5.72. The summed E-state index contributed by atoms with van der Waals surface area (Å²) in [7, 11) is 0. The molecule has 0 aliphatic heterocycles. The number of aromatic nitrogens is 2.